The lowest BCUT2D eigenvalue weighted by Gasteiger charge is -2.09. The minimum atomic E-state index is 0.488. The molecule has 7 heteroatoms. The maximum atomic E-state index is 6.15. The molecule has 0 aliphatic heterocycles. The van der Waals surface area contributed by atoms with Gasteiger partial charge in [0, 0.05) is 18.7 Å². The number of para-hydroxylation sites is 2. The lowest BCUT2D eigenvalue weighted by Crippen LogP contribution is -2.00. The second-order valence-electron chi connectivity index (χ2n) is 5.08. The number of nitrogens with zero attached hydrogens (tertiary/aromatic N) is 3. The van der Waals surface area contributed by atoms with E-state index in [0.29, 0.717) is 22.5 Å². The number of ether oxygens (including phenoxy) is 2. The number of nitrogens with one attached hydrogen (secondary N) is 1. The van der Waals surface area contributed by atoms with Crippen molar-refractivity contribution in [2.45, 2.75) is 0 Å². The van der Waals surface area contributed by atoms with Crippen LogP contribution in [0.4, 0.5) is 5.95 Å². The van der Waals surface area contributed by atoms with E-state index >= 15 is 0 Å². The largest absolute Gasteiger partial charge is 0.496 e. The van der Waals surface area contributed by atoms with E-state index in [4.69, 9.17) is 21.1 Å². The van der Waals surface area contributed by atoms with E-state index in [9.17, 15) is 0 Å². The van der Waals surface area contributed by atoms with Crippen LogP contribution in [0.3, 0.4) is 0 Å². The van der Waals surface area contributed by atoms with Gasteiger partial charge in [-0.15, -0.1) is 0 Å². The van der Waals surface area contributed by atoms with Gasteiger partial charge in [-0.25, -0.2) is 10.4 Å². The number of aromatic nitrogens is 2. The van der Waals surface area contributed by atoms with Crippen LogP contribution in [0.2, 0.25) is 5.02 Å². The minimum absolute atomic E-state index is 0.488. The zero-order chi connectivity index (χ0) is 17.1. The number of benzene rings is 2. The SMILES string of the molecule is COc1cc(OC)c(/C=N\Nc2nc3ccccc3n2C)cc1Cl. The lowest BCUT2D eigenvalue weighted by molar-refractivity contribution is 0.394. The van der Waals surface area contributed by atoms with E-state index in [1.807, 2.05) is 35.9 Å². The highest BCUT2D eigenvalue weighted by Gasteiger charge is 2.09. The molecule has 6 nitrogen and oxygen atoms in total. The highest BCUT2D eigenvalue weighted by molar-refractivity contribution is 6.32. The molecular weight excluding hydrogens is 328 g/mol. The molecule has 0 aliphatic carbocycles. The molecule has 0 spiro atoms. The van der Waals surface area contributed by atoms with Crippen LogP contribution in [0.15, 0.2) is 41.5 Å². The van der Waals surface area contributed by atoms with E-state index < -0.39 is 0 Å². The van der Waals surface area contributed by atoms with Gasteiger partial charge in [0.05, 0.1) is 36.5 Å². The Hall–Kier alpha value is -2.73. The summed E-state index contributed by atoms with van der Waals surface area (Å²) >= 11 is 6.15. The number of halogens is 1. The first-order valence-electron chi connectivity index (χ1n) is 7.26. The number of hydrogen-bond donors (Lipinski definition) is 1. The van der Waals surface area contributed by atoms with Crippen LogP contribution in [-0.2, 0) is 7.05 Å². The van der Waals surface area contributed by atoms with Crippen LogP contribution in [0.1, 0.15) is 5.56 Å². The summed E-state index contributed by atoms with van der Waals surface area (Å²) in [6.45, 7) is 0. The summed E-state index contributed by atoms with van der Waals surface area (Å²) in [7, 11) is 5.07. The fourth-order valence-electron chi connectivity index (χ4n) is 2.39. The number of aryl methyl sites for hydroxylation is 1. The molecule has 0 saturated carbocycles. The number of rotatable bonds is 5. The van der Waals surface area contributed by atoms with Crippen LogP contribution in [-0.4, -0.2) is 30.0 Å². The molecule has 0 aliphatic rings. The normalized spacial score (nSPS) is 11.2. The summed E-state index contributed by atoms with van der Waals surface area (Å²) in [6, 6.07) is 11.3. The maximum absolute atomic E-state index is 6.15. The van der Waals surface area contributed by atoms with Crippen molar-refractivity contribution >= 4 is 34.8 Å². The highest BCUT2D eigenvalue weighted by Crippen LogP contribution is 2.31. The topological polar surface area (TPSA) is 60.7 Å². The molecule has 1 heterocycles. The van der Waals surface area contributed by atoms with Crippen LogP contribution in [0, 0.1) is 0 Å². The van der Waals surface area contributed by atoms with Crippen molar-refractivity contribution in [1.82, 2.24) is 9.55 Å². The Kier molecular flexibility index (Phi) is 4.57. The average molecular weight is 345 g/mol. The van der Waals surface area contributed by atoms with Crippen LogP contribution >= 0.6 is 11.6 Å². The molecule has 3 aromatic rings. The molecule has 3 rings (SSSR count). The third-order valence-corrected chi connectivity index (χ3v) is 3.95. The molecule has 124 valence electrons. The van der Waals surface area contributed by atoms with Gasteiger partial charge in [0.25, 0.3) is 0 Å². The second-order valence-corrected chi connectivity index (χ2v) is 5.49. The molecule has 1 aromatic heterocycles. The van der Waals surface area contributed by atoms with Gasteiger partial charge in [-0.05, 0) is 18.2 Å². The number of imidazole rings is 1. The number of hydrogen-bond acceptors (Lipinski definition) is 5. The van der Waals surface area contributed by atoms with Gasteiger partial charge in [-0.2, -0.15) is 5.10 Å². The fraction of sp³-hybridized carbons (Fsp3) is 0.176. The molecule has 1 N–H and O–H groups in total. The molecule has 0 saturated heterocycles. The quantitative estimate of drug-likeness (QED) is 0.566. The Labute approximate surface area is 144 Å². The van der Waals surface area contributed by atoms with E-state index in [1.54, 1.807) is 32.6 Å². The maximum Gasteiger partial charge on any atom is 0.224 e. The van der Waals surface area contributed by atoms with Crippen molar-refractivity contribution in [3.63, 3.8) is 0 Å². The standard InChI is InChI=1S/C17H17ClN4O2/c1-22-14-7-5-4-6-13(14)20-17(22)21-19-10-11-8-12(18)16(24-3)9-15(11)23-2/h4-10H,1-3H3,(H,20,21)/b19-10-. The number of anilines is 1. The summed E-state index contributed by atoms with van der Waals surface area (Å²) in [5.74, 6) is 1.81. The highest BCUT2D eigenvalue weighted by atomic mass is 35.5. The van der Waals surface area contributed by atoms with Gasteiger partial charge in [-0.3, -0.25) is 0 Å². The monoisotopic (exact) mass is 344 g/mol. The molecule has 24 heavy (non-hydrogen) atoms. The molecule has 0 unspecified atom stereocenters. The third-order valence-electron chi connectivity index (χ3n) is 3.66. The summed E-state index contributed by atoms with van der Waals surface area (Å²) in [4.78, 5) is 4.49. The molecule has 0 radical (unpaired) electrons. The van der Waals surface area contributed by atoms with Crippen molar-refractivity contribution in [3.8, 4) is 11.5 Å². The first-order valence-corrected chi connectivity index (χ1v) is 7.64. The van der Waals surface area contributed by atoms with Gasteiger partial charge < -0.3 is 14.0 Å². The smallest absolute Gasteiger partial charge is 0.224 e. The van der Waals surface area contributed by atoms with E-state index in [-0.39, 0.29) is 0 Å². The Bertz CT molecular complexity index is 905. The first kappa shape index (κ1) is 16.1. The van der Waals surface area contributed by atoms with E-state index in [2.05, 4.69) is 15.5 Å². The number of methoxy groups -OCH3 is 2. The van der Waals surface area contributed by atoms with Crippen LogP contribution < -0.4 is 14.9 Å². The van der Waals surface area contributed by atoms with E-state index in [0.717, 1.165) is 16.6 Å². The van der Waals surface area contributed by atoms with E-state index in [1.165, 1.54) is 0 Å². The predicted octanol–water partition coefficient (Wildman–Crippen LogP) is 3.69. The summed E-state index contributed by atoms with van der Waals surface area (Å²) < 4.78 is 12.5. The molecular formula is C17H17ClN4O2. The van der Waals surface area contributed by atoms with Crippen molar-refractivity contribution in [3.05, 3.63) is 47.0 Å². The first-order chi connectivity index (χ1) is 11.6. The molecule has 2 aromatic carbocycles. The molecule has 0 fully saturated rings. The summed E-state index contributed by atoms with van der Waals surface area (Å²) in [5, 5.41) is 4.72. The van der Waals surface area contributed by atoms with Gasteiger partial charge in [0.2, 0.25) is 5.95 Å². The Morgan fingerprint density at radius 2 is 1.92 bits per heavy atom. The minimum Gasteiger partial charge on any atom is -0.496 e. The van der Waals surface area contributed by atoms with Crippen LogP contribution in [0.25, 0.3) is 11.0 Å². The molecule has 0 atom stereocenters. The summed E-state index contributed by atoms with van der Waals surface area (Å²) in [6.07, 6.45) is 1.63. The van der Waals surface area contributed by atoms with Crippen molar-refractivity contribution < 1.29 is 9.47 Å². The van der Waals surface area contributed by atoms with Crippen molar-refractivity contribution in [2.24, 2.45) is 12.1 Å². The van der Waals surface area contributed by atoms with Gasteiger partial charge in [0.1, 0.15) is 11.5 Å². The Morgan fingerprint density at radius 1 is 1.17 bits per heavy atom. The lowest BCUT2D eigenvalue weighted by atomic mass is 10.2. The Morgan fingerprint density at radius 3 is 2.62 bits per heavy atom. The summed E-state index contributed by atoms with van der Waals surface area (Å²) in [5.41, 5.74) is 5.61. The van der Waals surface area contributed by atoms with Crippen LogP contribution in [0.5, 0.6) is 11.5 Å². The van der Waals surface area contributed by atoms with Gasteiger partial charge in [0.15, 0.2) is 0 Å². The fourth-order valence-corrected chi connectivity index (χ4v) is 2.64. The molecule has 0 amide bonds. The average Bonchev–Trinajstić information content (AvgIpc) is 2.92. The number of hydrazone groups is 1. The predicted molar refractivity (Wildman–Crippen MR) is 96.5 cm³/mol. The van der Waals surface area contributed by atoms with Gasteiger partial charge >= 0.3 is 0 Å². The molecule has 0 bridgehead atoms. The Balaban J connectivity index is 1.85. The third kappa shape index (κ3) is 3.00. The van der Waals surface area contributed by atoms with Crippen molar-refractivity contribution in [2.75, 3.05) is 19.6 Å². The zero-order valence-corrected chi connectivity index (χ0v) is 14.3. The number of fused-ring (bicyclic) bond motifs is 1. The second kappa shape index (κ2) is 6.80. The zero-order valence-electron chi connectivity index (χ0n) is 13.6. The van der Waals surface area contributed by atoms with Crippen molar-refractivity contribution in [1.29, 1.82) is 0 Å². The van der Waals surface area contributed by atoms with Gasteiger partial charge in [-0.1, -0.05) is 23.7 Å².